The zero-order chi connectivity index (χ0) is 21.2. The lowest BCUT2D eigenvalue weighted by Gasteiger charge is -2.27. The number of fused-ring (bicyclic) bond motifs is 1. The van der Waals surface area contributed by atoms with E-state index >= 15 is 0 Å². The zero-order valence-corrected chi connectivity index (χ0v) is 17.4. The molecule has 1 aliphatic carbocycles. The first-order valence-corrected chi connectivity index (χ1v) is 10.6. The van der Waals surface area contributed by atoms with Crippen molar-refractivity contribution in [2.45, 2.75) is 37.8 Å². The Kier molecular flexibility index (Phi) is 5.30. The van der Waals surface area contributed by atoms with Crippen LogP contribution in [0.3, 0.4) is 0 Å². The maximum absolute atomic E-state index is 10.1. The number of rotatable bonds is 5. The van der Waals surface area contributed by atoms with E-state index in [0.29, 0.717) is 12.1 Å². The summed E-state index contributed by atoms with van der Waals surface area (Å²) in [7, 11) is 1.66. The fraction of sp³-hybridized carbons (Fsp3) is 0.280. The van der Waals surface area contributed by atoms with Crippen LogP contribution in [-0.4, -0.2) is 34.3 Å². The summed E-state index contributed by atoms with van der Waals surface area (Å²) in [6, 6.07) is 18.1. The highest BCUT2D eigenvalue weighted by molar-refractivity contribution is 6.05. The normalized spacial score (nSPS) is 18.8. The van der Waals surface area contributed by atoms with Crippen LogP contribution < -0.4 is 10.1 Å². The number of ether oxygens (including phenoxy) is 1. The summed E-state index contributed by atoms with van der Waals surface area (Å²) in [5.41, 5.74) is 3.46. The molecule has 1 saturated carbocycles. The number of hydrogen-bond acceptors (Lipinski definition) is 6. The van der Waals surface area contributed by atoms with E-state index in [-0.39, 0.29) is 12.1 Å². The first-order valence-electron chi connectivity index (χ1n) is 10.6. The van der Waals surface area contributed by atoms with Crippen LogP contribution in [0.5, 0.6) is 5.75 Å². The van der Waals surface area contributed by atoms with Crippen molar-refractivity contribution in [1.82, 2.24) is 9.97 Å². The summed E-state index contributed by atoms with van der Waals surface area (Å²) in [5, 5.41) is 14.5. The first-order chi connectivity index (χ1) is 15.2. The molecular weight excluding hydrogens is 390 g/mol. The van der Waals surface area contributed by atoms with Crippen LogP contribution in [0, 0.1) is 0 Å². The fourth-order valence-electron chi connectivity index (χ4n) is 4.36. The number of hydrogen-bond donors (Lipinski definition) is 2. The van der Waals surface area contributed by atoms with Gasteiger partial charge in [0.1, 0.15) is 23.7 Å². The van der Waals surface area contributed by atoms with Crippen LogP contribution >= 0.6 is 0 Å². The van der Waals surface area contributed by atoms with Crippen molar-refractivity contribution in [3.63, 3.8) is 0 Å². The smallest absolute Gasteiger partial charge is 0.232 e. The molecule has 2 atom stereocenters. The predicted octanol–water partition coefficient (Wildman–Crippen LogP) is 5.28. The average molecular weight is 415 g/mol. The molecule has 6 nitrogen and oxygen atoms in total. The van der Waals surface area contributed by atoms with E-state index in [1.54, 1.807) is 7.11 Å². The lowest BCUT2D eigenvalue weighted by atomic mass is 9.93. The van der Waals surface area contributed by atoms with Gasteiger partial charge in [-0.1, -0.05) is 42.5 Å². The van der Waals surface area contributed by atoms with Crippen molar-refractivity contribution in [3.05, 3.63) is 60.9 Å². The maximum atomic E-state index is 10.1. The molecule has 6 heteroatoms. The Morgan fingerprint density at radius 3 is 2.55 bits per heavy atom. The SMILES string of the molecule is COc1ccc(-c2c(-c3ccccc3)oc3ncnc(N[C@H]4CCCC(O)C4)c23)cc1. The third-order valence-corrected chi connectivity index (χ3v) is 5.89. The van der Waals surface area contributed by atoms with E-state index in [4.69, 9.17) is 9.15 Å². The highest BCUT2D eigenvalue weighted by Gasteiger charge is 2.25. The van der Waals surface area contributed by atoms with E-state index in [9.17, 15) is 5.11 Å². The Bertz CT molecular complexity index is 1170. The molecule has 2 aromatic carbocycles. The molecule has 2 heterocycles. The second-order valence-electron chi connectivity index (χ2n) is 7.96. The van der Waals surface area contributed by atoms with Gasteiger partial charge >= 0.3 is 0 Å². The van der Waals surface area contributed by atoms with Gasteiger partial charge in [0.2, 0.25) is 5.71 Å². The number of nitrogens with zero attached hydrogens (tertiary/aromatic N) is 2. The molecule has 4 aromatic rings. The standard InChI is InChI=1S/C25H25N3O3/c1-30-20-12-10-16(11-13-20)21-22-24(28-18-8-5-9-19(29)14-18)26-15-27-25(22)31-23(21)17-6-3-2-4-7-17/h2-4,6-7,10-13,15,18-19,29H,5,8-9,14H2,1H3,(H,26,27,28)/t18-,19?/m0/s1. The Morgan fingerprint density at radius 1 is 1.00 bits per heavy atom. The van der Waals surface area contributed by atoms with Gasteiger partial charge in [-0.3, -0.25) is 0 Å². The van der Waals surface area contributed by atoms with Gasteiger partial charge in [-0.25, -0.2) is 9.97 Å². The summed E-state index contributed by atoms with van der Waals surface area (Å²) < 4.78 is 11.6. The van der Waals surface area contributed by atoms with Crippen molar-refractivity contribution in [3.8, 4) is 28.2 Å². The van der Waals surface area contributed by atoms with Gasteiger partial charge < -0.3 is 19.6 Å². The van der Waals surface area contributed by atoms with Gasteiger partial charge in [0.15, 0.2) is 0 Å². The summed E-state index contributed by atoms with van der Waals surface area (Å²) in [6.07, 6.45) is 4.84. The monoisotopic (exact) mass is 415 g/mol. The summed E-state index contributed by atoms with van der Waals surface area (Å²) in [6.45, 7) is 0. The van der Waals surface area contributed by atoms with E-state index in [1.807, 2.05) is 54.6 Å². The second-order valence-corrected chi connectivity index (χ2v) is 7.96. The molecule has 1 aliphatic rings. The van der Waals surface area contributed by atoms with Crippen LogP contribution in [0.15, 0.2) is 65.3 Å². The Hall–Kier alpha value is -3.38. The summed E-state index contributed by atoms with van der Waals surface area (Å²) in [4.78, 5) is 8.99. The van der Waals surface area contributed by atoms with Crippen LogP contribution in [0.2, 0.25) is 0 Å². The zero-order valence-electron chi connectivity index (χ0n) is 17.4. The molecule has 0 aliphatic heterocycles. The number of aromatic nitrogens is 2. The van der Waals surface area contributed by atoms with Crippen molar-refractivity contribution in [2.75, 3.05) is 12.4 Å². The molecule has 5 rings (SSSR count). The summed E-state index contributed by atoms with van der Waals surface area (Å²) >= 11 is 0. The van der Waals surface area contributed by atoms with E-state index in [1.165, 1.54) is 6.33 Å². The second kappa shape index (κ2) is 8.40. The average Bonchev–Trinajstić information content (AvgIpc) is 3.20. The van der Waals surface area contributed by atoms with Gasteiger partial charge in [0.25, 0.3) is 0 Å². The molecule has 2 aromatic heterocycles. The van der Waals surface area contributed by atoms with Crippen molar-refractivity contribution < 1.29 is 14.3 Å². The third kappa shape index (κ3) is 3.86. The largest absolute Gasteiger partial charge is 0.497 e. The number of aliphatic hydroxyl groups is 1. The van der Waals surface area contributed by atoms with E-state index in [0.717, 1.165) is 58.7 Å². The molecule has 0 amide bonds. The van der Waals surface area contributed by atoms with Gasteiger partial charge in [-0.2, -0.15) is 0 Å². The lowest BCUT2D eigenvalue weighted by molar-refractivity contribution is 0.124. The number of nitrogens with one attached hydrogen (secondary N) is 1. The van der Waals surface area contributed by atoms with Crippen molar-refractivity contribution in [1.29, 1.82) is 0 Å². The molecule has 0 saturated heterocycles. The molecule has 1 unspecified atom stereocenters. The minimum absolute atomic E-state index is 0.167. The summed E-state index contributed by atoms with van der Waals surface area (Å²) in [5.74, 6) is 2.29. The lowest BCUT2D eigenvalue weighted by Crippen LogP contribution is -2.30. The minimum Gasteiger partial charge on any atom is -0.497 e. The number of methoxy groups -OCH3 is 1. The molecule has 0 bridgehead atoms. The van der Waals surface area contributed by atoms with Crippen LogP contribution in [0.1, 0.15) is 25.7 Å². The Morgan fingerprint density at radius 2 is 1.81 bits per heavy atom. The van der Waals surface area contributed by atoms with E-state index in [2.05, 4.69) is 15.3 Å². The Labute approximate surface area is 180 Å². The highest BCUT2D eigenvalue weighted by Crippen LogP contribution is 2.43. The molecule has 1 fully saturated rings. The predicted molar refractivity (Wildman–Crippen MR) is 121 cm³/mol. The molecule has 0 spiro atoms. The van der Waals surface area contributed by atoms with Gasteiger partial charge in [-0.05, 0) is 43.4 Å². The topological polar surface area (TPSA) is 80.4 Å². The van der Waals surface area contributed by atoms with Crippen LogP contribution in [0.4, 0.5) is 5.82 Å². The van der Waals surface area contributed by atoms with Crippen molar-refractivity contribution >= 4 is 16.9 Å². The molecule has 31 heavy (non-hydrogen) atoms. The fourth-order valence-corrected chi connectivity index (χ4v) is 4.36. The molecular formula is C25H25N3O3. The first kappa shape index (κ1) is 19.6. The van der Waals surface area contributed by atoms with Gasteiger partial charge in [-0.15, -0.1) is 0 Å². The Balaban J connectivity index is 1.68. The third-order valence-electron chi connectivity index (χ3n) is 5.89. The van der Waals surface area contributed by atoms with Crippen LogP contribution in [-0.2, 0) is 0 Å². The number of anilines is 1. The minimum atomic E-state index is -0.270. The van der Waals surface area contributed by atoms with Crippen LogP contribution in [0.25, 0.3) is 33.6 Å². The van der Waals surface area contributed by atoms with Gasteiger partial charge in [0.05, 0.1) is 18.6 Å². The molecule has 0 radical (unpaired) electrons. The van der Waals surface area contributed by atoms with Crippen molar-refractivity contribution in [2.24, 2.45) is 0 Å². The van der Waals surface area contributed by atoms with E-state index < -0.39 is 0 Å². The highest BCUT2D eigenvalue weighted by atomic mass is 16.5. The number of aliphatic hydroxyl groups excluding tert-OH is 1. The quantitative estimate of drug-likeness (QED) is 0.462. The number of furan rings is 1. The maximum Gasteiger partial charge on any atom is 0.232 e. The molecule has 158 valence electrons. The number of benzene rings is 2. The van der Waals surface area contributed by atoms with Gasteiger partial charge in [0, 0.05) is 17.2 Å². The molecule has 2 N–H and O–H groups in total.